The molecule has 130 valence electrons. The monoisotopic (exact) mass is 322 g/mol. The molecule has 1 aromatic rings. The van der Waals surface area contributed by atoms with Crippen molar-refractivity contribution in [3.05, 3.63) is 23.8 Å². The second-order valence-corrected chi connectivity index (χ2v) is 8.03. The molecule has 23 heavy (non-hydrogen) atoms. The maximum Gasteiger partial charge on any atom is 0.137 e. The average Bonchev–Trinajstić information content (AvgIpc) is 2.90. The fourth-order valence-electron chi connectivity index (χ4n) is 3.38. The zero-order valence-electron chi connectivity index (χ0n) is 15.3. The van der Waals surface area contributed by atoms with Crippen molar-refractivity contribution >= 4 is 0 Å². The van der Waals surface area contributed by atoms with E-state index in [-0.39, 0.29) is 5.41 Å². The summed E-state index contributed by atoms with van der Waals surface area (Å²) in [7, 11) is 3.90. The third-order valence-corrected chi connectivity index (χ3v) is 4.72. The van der Waals surface area contributed by atoms with Crippen molar-refractivity contribution in [2.75, 3.05) is 40.4 Å². The second kappa shape index (κ2) is 7.10. The fourth-order valence-corrected chi connectivity index (χ4v) is 3.38. The zero-order chi connectivity index (χ0) is 17.1. The van der Waals surface area contributed by atoms with Crippen LogP contribution in [-0.2, 0) is 5.41 Å². The van der Waals surface area contributed by atoms with Gasteiger partial charge >= 0.3 is 0 Å². The molecule has 1 atom stereocenters. The fraction of sp³-hybridized carbons (Fsp3) is 0.684. The molecule has 0 unspecified atom stereocenters. The van der Waals surface area contributed by atoms with Crippen molar-refractivity contribution in [1.29, 1.82) is 0 Å². The Hall–Kier alpha value is -1.26. The minimum atomic E-state index is -0.437. The maximum atomic E-state index is 10.4. The molecule has 2 rings (SSSR count). The molecule has 0 aliphatic carbocycles. The highest BCUT2D eigenvalue weighted by Gasteiger charge is 2.30. The number of hydrogen-bond acceptors (Lipinski definition) is 3. The van der Waals surface area contributed by atoms with E-state index < -0.39 is 6.10 Å². The van der Waals surface area contributed by atoms with E-state index in [1.807, 2.05) is 18.2 Å². The normalized spacial score (nSPS) is 18.7. The summed E-state index contributed by atoms with van der Waals surface area (Å²) in [6.45, 7) is 9.88. The van der Waals surface area contributed by atoms with Crippen LogP contribution in [0, 0.1) is 0 Å². The number of ether oxygens (including phenoxy) is 2. The lowest BCUT2D eigenvalue weighted by Crippen LogP contribution is -2.47. The van der Waals surface area contributed by atoms with Gasteiger partial charge in [0.1, 0.15) is 30.8 Å². The summed E-state index contributed by atoms with van der Waals surface area (Å²) in [6.07, 6.45) is 2.08. The van der Waals surface area contributed by atoms with Crippen molar-refractivity contribution in [2.45, 2.75) is 45.1 Å². The lowest BCUT2D eigenvalue weighted by atomic mass is 9.86. The van der Waals surface area contributed by atoms with E-state index in [4.69, 9.17) is 9.47 Å². The number of rotatable bonds is 6. The zero-order valence-corrected chi connectivity index (χ0v) is 15.3. The van der Waals surface area contributed by atoms with Crippen LogP contribution in [0.3, 0.4) is 0 Å². The number of hydrogen-bond donors (Lipinski definition) is 1. The van der Waals surface area contributed by atoms with Gasteiger partial charge in [-0.1, -0.05) is 20.8 Å². The van der Waals surface area contributed by atoms with Crippen LogP contribution in [0.1, 0.15) is 39.2 Å². The van der Waals surface area contributed by atoms with Gasteiger partial charge in [0, 0.05) is 18.4 Å². The van der Waals surface area contributed by atoms with Crippen LogP contribution in [0.5, 0.6) is 11.5 Å². The largest absolute Gasteiger partial charge is 0.497 e. The molecule has 4 heteroatoms. The van der Waals surface area contributed by atoms with Gasteiger partial charge in [0.05, 0.1) is 27.2 Å². The molecule has 1 aromatic carbocycles. The Labute approximate surface area is 140 Å². The minimum absolute atomic E-state index is 0.0394. The molecule has 0 saturated carbocycles. The van der Waals surface area contributed by atoms with Gasteiger partial charge in [-0.05, 0) is 23.6 Å². The van der Waals surface area contributed by atoms with Crippen LogP contribution in [-0.4, -0.2) is 56.1 Å². The van der Waals surface area contributed by atoms with E-state index in [2.05, 4.69) is 27.8 Å². The van der Waals surface area contributed by atoms with Crippen LogP contribution in [0.2, 0.25) is 0 Å². The Kier molecular flexibility index (Phi) is 5.58. The standard InChI is InChI=1S/C19H32NO3/c1-19(2,3)17-12-16(22-5)8-9-18(17)23-14-15(21)13-20(4)10-6-7-11-20/h8-9,12,15,21H,6-7,10-11,13-14H2,1-5H3/q+1/t15-/m1/s1. The van der Waals surface area contributed by atoms with E-state index in [0.717, 1.165) is 41.2 Å². The minimum Gasteiger partial charge on any atom is -0.497 e. The number of likely N-dealkylation sites (N-methyl/N-ethyl adjacent to an activating group) is 1. The van der Waals surface area contributed by atoms with Crippen LogP contribution < -0.4 is 9.47 Å². The first kappa shape index (κ1) is 18.1. The molecule has 0 aromatic heterocycles. The summed E-state index contributed by atoms with van der Waals surface area (Å²) < 4.78 is 12.2. The summed E-state index contributed by atoms with van der Waals surface area (Å²) in [6, 6.07) is 5.87. The van der Waals surface area contributed by atoms with Crippen LogP contribution in [0.15, 0.2) is 18.2 Å². The Morgan fingerprint density at radius 3 is 2.43 bits per heavy atom. The molecular weight excluding hydrogens is 290 g/mol. The smallest absolute Gasteiger partial charge is 0.137 e. The van der Waals surface area contributed by atoms with Crippen LogP contribution in [0.4, 0.5) is 0 Å². The summed E-state index contributed by atoms with van der Waals surface area (Å²) in [4.78, 5) is 0. The van der Waals surface area contributed by atoms with E-state index in [9.17, 15) is 5.11 Å². The molecular formula is C19H32NO3+. The maximum absolute atomic E-state index is 10.4. The number of quaternary nitrogens is 1. The van der Waals surface area contributed by atoms with E-state index in [0.29, 0.717) is 6.61 Å². The van der Waals surface area contributed by atoms with Gasteiger partial charge in [-0.15, -0.1) is 0 Å². The topological polar surface area (TPSA) is 38.7 Å². The highest BCUT2D eigenvalue weighted by atomic mass is 16.5. The highest BCUT2D eigenvalue weighted by Crippen LogP contribution is 2.34. The molecule has 1 fully saturated rings. The van der Waals surface area contributed by atoms with Crippen molar-refractivity contribution in [3.63, 3.8) is 0 Å². The van der Waals surface area contributed by atoms with Crippen molar-refractivity contribution < 1.29 is 19.1 Å². The van der Waals surface area contributed by atoms with Gasteiger partial charge in [-0.2, -0.15) is 0 Å². The Morgan fingerprint density at radius 1 is 1.22 bits per heavy atom. The Balaban J connectivity index is 2.02. The SMILES string of the molecule is COc1ccc(OC[C@H](O)C[N+]2(C)CCCC2)c(C(C)(C)C)c1. The third kappa shape index (κ3) is 4.85. The Bertz CT molecular complexity index is 516. The molecule has 1 N–H and O–H groups in total. The van der Waals surface area contributed by atoms with E-state index in [1.54, 1.807) is 7.11 Å². The molecule has 1 saturated heterocycles. The van der Waals surface area contributed by atoms with Gasteiger partial charge in [-0.25, -0.2) is 0 Å². The number of aliphatic hydroxyl groups excluding tert-OH is 1. The molecule has 0 radical (unpaired) electrons. The number of likely N-dealkylation sites (tertiary alicyclic amines) is 1. The number of aliphatic hydroxyl groups is 1. The summed E-state index contributed by atoms with van der Waals surface area (Å²) in [5.74, 6) is 1.67. The van der Waals surface area contributed by atoms with Gasteiger partial charge in [0.2, 0.25) is 0 Å². The molecule has 0 spiro atoms. The first-order valence-corrected chi connectivity index (χ1v) is 8.56. The number of benzene rings is 1. The average molecular weight is 322 g/mol. The Morgan fingerprint density at radius 2 is 1.87 bits per heavy atom. The van der Waals surface area contributed by atoms with E-state index in [1.165, 1.54) is 12.8 Å². The van der Waals surface area contributed by atoms with Crippen molar-refractivity contribution in [1.82, 2.24) is 0 Å². The quantitative estimate of drug-likeness (QED) is 0.818. The first-order valence-electron chi connectivity index (χ1n) is 8.56. The summed E-state index contributed by atoms with van der Waals surface area (Å²) in [5.41, 5.74) is 1.06. The van der Waals surface area contributed by atoms with Gasteiger partial charge in [0.15, 0.2) is 0 Å². The van der Waals surface area contributed by atoms with Gasteiger partial charge in [0.25, 0.3) is 0 Å². The van der Waals surface area contributed by atoms with Crippen LogP contribution in [0.25, 0.3) is 0 Å². The first-order chi connectivity index (χ1) is 10.7. The molecule has 0 bridgehead atoms. The van der Waals surface area contributed by atoms with Gasteiger partial charge < -0.3 is 19.1 Å². The van der Waals surface area contributed by atoms with Crippen molar-refractivity contribution in [2.24, 2.45) is 0 Å². The lowest BCUT2D eigenvalue weighted by Gasteiger charge is -2.31. The molecule has 4 nitrogen and oxygen atoms in total. The highest BCUT2D eigenvalue weighted by molar-refractivity contribution is 5.44. The summed E-state index contributed by atoms with van der Waals surface area (Å²) >= 11 is 0. The number of nitrogens with zero attached hydrogens (tertiary/aromatic N) is 1. The summed E-state index contributed by atoms with van der Waals surface area (Å²) in [5, 5.41) is 10.4. The number of methoxy groups -OCH3 is 1. The molecule has 1 heterocycles. The second-order valence-electron chi connectivity index (χ2n) is 8.03. The lowest BCUT2D eigenvalue weighted by molar-refractivity contribution is -0.900. The van der Waals surface area contributed by atoms with Crippen LogP contribution >= 0.6 is 0 Å². The molecule has 1 aliphatic heterocycles. The van der Waals surface area contributed by atoms with E-state index >= 15 is 0 Å². The predicted octanol–water partition coefficient (Wildman–Crippen LogP) is 2.97. The molecule has 1 aliphatic rings. The van der Waals surface area contributed by atoms with Crippen molar-refractivity contribution in [3.8, 4) is 11.5 Å². The third-order valence-electron chi connectivity index (χ3n) is 4.72. The molecule has 0 amide bonds. The van der Waals surface area contributed by atoms with Gasteiger partial charge in [-0.3, -0.25) is 0 Å². The predicted molar refractivity (Wildman–Crippen MR) is 93.2 cm³/mol.